The number of benzene rings is 3. The highest BCUT2D eigenvalue weighted by Crippen LogP contribution is 2.37. The van der Waals surface area contributed by atoms with Gasteiger partial charge in [0.15, 0.2) is 0 Å². The Hall–Kier alpha value is -7.76. The van der Waals surface area contributed by atoms with Crippen molar-refractivity contribution in [1.29, 1.82) is 4.78 Å². The van der Waals surface area contributed by atoms with E-state index in [2.05, 4.69) is 90.6 Å². The molecule has 12 rings (SSSR count). The van der Waals surface area contributed by atoms with Crippen LogP contribution in [0, 0.1) is 4.78 Å². The average molecular weight is 1660 g/mol. The number of nitrogens with zero attached hydrogens (tertiary/aromatic N) is 10. The first kappa shape index (κ1) is 81.5. The van der Waals surface area contributed by atoms with E-state index >= 15 is 0 Å². The minimum atomic E-state index is -3.38. The Morgan fingerprint density at radius 1 is 0.549 bits per heavy atom. The van der Waals surface area contributed by atoms with Gasteiger partial charge in [-0.2, -0.15) is 8.42 Å². The van der Waals surface area contributed by atoms with Gasteiger partial charge in [-0.1, -0.05) is 60.7 Å². The number of hydrogen-bond donors (Lipinski definition) is 4. The molecule has 9 heterocycles. The molecular weight excluding hydrogens is 1580 g/mol. The van der Waals surface area contributed by atoms with Crippen molar-refractivity contribution in [2.45, 2.75) is 106 Å². The summed E-state index contributed by atoms with van der Waals surface area (Å²) in [6.45, 7) is 10.1. The Morgan fingerprint density at radius 3 is 1.36 bits per heavy atom. The number of amides is 4. The zero-order chi connectivity index (χ0) is 74.5. The van der Waals surface area contributed by atoms with E-state index in [1.807, 2.05) is 125 Å². The standard InChI is InChI=1S/C22H23N5O2S.C15H22BN3O3.C13H13BrN2OS.C7H8BrNO3S.C7H9NOS.C6H6BrNO/c1-30(29,20-7-3-2-4-8-20)26-13-16-10-18(14-24-12-16)19-11-17-6-5-9-27(22(23)28)21(17)25-15-19;1-14(2)15(3,4)22-16(21-14)11-8-10-6-5-7-19(13(17)20)12(10)18-9-11;1-18(17,13-5-3-2-4-6-13)16-9-11-7-12(14)10-15-8-11;1-13(10,11)12-5-6-2-7(8)4-9-3-6;1-10(8,9)7-5-3-2-4-6-7;7-6-1-5(4-9)2-8-3-6/h2-4,7-8,10-12,14-15H,5-6,9,13H2,1H3,(H2,23,28);8-9H,5-7H2,1-4H3,(H2,17,20);2-8,10H,9H2,1H3;2-4H,5H2,1H3;2-6,8H,1H3;1-3,9H,4H2. The van der Waals surface area contributed by atoms with Gasteiger partial charge in [0.1, 0.15) is 11.6 Å². The van der Waals surface area contributed by atoms with Gasteiger partial charge in [0.25, 0.3) is 10.1 Å². The highest BCUT2D eigenvalue weighted by Gasteiger charge is 2.52. The summed E-state index contributed by atoms with van der Waals surface area (Å²) >= 11 is 9.80. The SMILES string of the molecule is CC1(C)OB(c2cnc3c(c2)CCCN3C(N)=O)OC1(C)C.CS(=N)(=O)c1ccccc1.CS(=O)(=NCc1cncc(-c2cnc3c(c2)CCCN3C(N)=O)c1)c1ccccc1.CS(=O)(=NCc1cncc(Br)c1)c1ccccc1.CS(=O)(=O)OCc1cncc(Br)c1.OCc1cncc(Br)c1. The number of carbonyl (C=O) groups is 2. The first-order valence-corrected chi connectivity index (χ1v) is 41.5. The van der Waals surface area contributed by atoms with Gasteiger partial charge in [0, 0.05) is 139 Å². The number of hydrogen-bond acceptors (Lipinski definition) is 20. The number of urea groups is 2. The maximum atomic E-state index is 12.9. The summed E-state index contributed by atoms with van der Waals surface area (Å²) in [5.41, 5.74) is 18.1. The van der Waals surface area contributed by atoms with Crippen molar-refractivity contribution in [2.75, 3.05) is 47.9 Å². The molecule has 102 heavy (non-hydrogen) atoms. The number of aliphatic hydroxyl groups excluding tert-OH is 1. The van der Waals surface area contributed by atoms with Crippen LogP contribution in [0.15, 0.2) is 226 Å². The molecule has 9 aromatic rings. The molecule has 0 saturated carbocycles. The monoisotopic (exact) mass is 1660 g/mol. The molecule has 0 aliphatic carbocycles. The molecule has 4 amide bonds. The van der Waals surface area contributed by atoms with E-state index in [1.54, 1.807) is 105 Å². The molecule has 3 aliphatic heterocycles. The largest absolute Gasteiger partial charge is 0.496 e. The number of nitrogens with two attached hydrogens (primary N) is 2. The van der Waals surface area contributed by atoms with E-state index in [-0.39, 0.29) is 24.4 Å². The van der Waals surface area contributed by atoms with Gasteiger partial charge in [-0.15, -0.1) is 0 Å². The van der Waals surface area contributed by atoms with Gasteiger partial charge in [0.2, 0.25) is 0 Å². The second kappa shape index (κ2) is 37.1. The third-order valence-corrected chi connectivity index (χ3v) is 22.3. The van der Waals surface area contributed by atoms with Crippen molar-refractivity contribution in [3.05, 3.63) is 236 Å². The molecule has 0 radical (unpaired) electrons. The number of pyridine rings is 6. The lowest BCUT2D eigenvalue weighted by atomic mass is 9.79. The van der Waals surface area contributed by atoms with Gasteiger partial charge in [0.05, 0.1) is 72.9 Å². The first-order valence-electron chi connectivity index (χ1n) is 31.5. The van der Waals surface area contributed by atoms with Crippen molar-refractivity contribution >= 4 is 123 Å². The molecule has 1 saturated heterocycles. The number of aliphatic hydroxyl groups is 1. The lowest BCUT2D eigenvalue weighted by Gasteiger charge is -2.32. The summed E-state index contributed by atoms with van der Waals surface area (Å²) in [4.78, 5) is 53.2. The van der Waals surface area contributed by atoms with Crippen LogP contribution in [0.5, 0.6) is 0 Å². The maximum Gasteiger partial charge on any atom is 0.496 e. The highest BCUT2D eigenvalue weighted by molar-refractivity contribution is 9.11. The number of rotatable bonds is 13. The number of nitrogens with one attached hydrogen (secondary N) is 1. The smallest absolute Gasteiger partial charge is 0.399 e. The number of halogens is 3. The van der Waals surface area contributed by atoms with Crippen LogP contribution in [0.25, 0.3) is 11.1 Å². The van der Waals surface area contributed by atoms with E-state index in [1.165, 1.54) is 16.1 Å². The first-order chi connectivity index (χ1) is 48.1. The molecule has 540 valence electrons. The van der Waals surface area contributed by atoms with E-state index in [0.717, 1.165) is 94.7 Å². The van der Waals surface area contributed by atoms with Crippen LogP contribution in [0.2, 0.25) is 0 Å². The van der Waals surface area contributed by atoms with Crippen LogP contribution < -0.4 is 26.7 Å². The van der Waals surface area contributed by atoms with Crippen LogP contribution in [-0.2, 0) is 91.9 Å². The highest BCUT2D eigenvalue weighted by atomic mass is 79.9. The summed E-state index contributed by atoms with van der Waals surface area (Å²) in [5.74, 6) is 1.28. The lowest BCUT2D eigenvalue weighted by Crippen LogP contribution is -2.41. The Kier molecular flexibility index (Phi) is 29.7. The van der Waals surface area contributed by atoms with Crippen LogP contribution in [0.1, 0.15) is 73.9 Å². The number of primary amides is 2. The predicted octanol–water partition coefficient (Wildman–Crippen LogP) is 12.7. The molecule has 0 bridgehead atoms. The Morgan fingerprint density at radius 2 is 0.941 bits per heavy atom. The summed E-state index contributed by atoms with van der Waals surface area (Å²) in [6.07, 6.45) is 26.0. The maximum absolute atomic E-state index is 12.9. The third kappa shape index (κ3) is 25.0. The molecule has 3 aromatic carbocycles. The van der Waals surface area contributed by atoms with Gasteiger partial charge in [-0.05, 0) is 201 Å². The topological polar surface area (TPSA) is 352 Å². The van der Waals surface area contributed by atoms with Crippen molar-refractivity contribution < 1.29 is 49.2 Å². The Labute approximate surface area is 623 Å². The second-order valence-corrected chi connectivity index (χ2v) is 35.7. The minimum Gasteiger partial charge on any atom is -0.399 e. The molecule has 32 heteroatoms. The lowest BCUT2D eigenvalue weighted by molar-refractivity contribution is 0.00578. The van der Waals surface area contributed by atoms with E-state index in [0.29, 0.717) is 53.2 Å². The van der Waals surface area contributed by atoms with E-state index in [9.17, 15) is 30.6 Å². The Bertz CT molecular complexity index is 4840. The number of carbonyl (C=O) groups excluding carboxylic acids is 2. The fourth-order valence-electron chi connectivity index (χ4n) is 9.74. The van der Waals surface area contributed by atoms with Crippen LogP contribution >= 0.6 is 47.8 Å². The summed E-state index contributed by atoms with van der Waals surface area (Å²) < 4.78 is 92.9. The normalized spacial score (nSPS) is 15.7. The zero-order valence-electron chi connectivity index (χ0n) is 57.5. The zero-order valence-corrected chi connectivity index (χ0v) is 65.5. The van der Waals surface area contributed by atoms with Crippen LogP contribution in [0.4, 0.5) is 21.2 Å². The molecule has 6 N–H and O–H groups in total. The summed E-state index contributed by atoms with van der Waals surface area (Å²) in [7, 11) is -11.1. The molecular formula is C70H81BBr3N13O11S4. The van der Waals surface area contributed by atoms with Crippen molar-refractivity contribution in [3.8, 4) is 11.1 Å². The van der Waals surface area contributed by atoms with Crippen molar-refractivity contribution in [3.63, 3.8) is 0 Å². The molecule has 24 nitrogen and oxygen atoms in total. The fourth-order valence-corrected chi connectivity index (χ4v) is 14.4. The second-order valence-electron chi connectivity index (χ2n) is 24.4. The fraction of sp³-hybridized carbons (Fsp3) is 0.286. The van der Waals surface area contributed by atoms with Gasteiger partial charge in [-0.25, -0.2) is 45.7 Å². The number of aromatic nitrogens is 6. The summed E-state index contributed by atoms with van der Waals surface area (Å²) in [5, 5.41) is 8.60. The number of anilines is 2. The van der Waals surface area contributed by atoms with E-state index < -0.39 is 58.5 Å². The minimum absolute atomic E-state index is 0.0191. The van der Waals surface area contributed by atoms with Crippen LogP contribution in [-0.4, -0.2) is 125 Å². The number of fused-ring (bicyclic) bond motifs is 2. The molecule has 0 spiro atoms. The van der Waals surface area contributed by atoms with Crippen molar-refractivity contribution in [2.24, 2.45) is 20.2 Å². The average Bonchev–Trinajstić information content (AvgIpc) is 1.55. The number of aryl methyl sites for hydroxylation is 2. The molecule has 3 unspecified atom stereocenters. The van der Waals surface area contributed by atoms with E-state index in [4.69, 9.17) is 30.7 Å². The Balaban J connectivity index is 0.000000180. The molecule has 3 aliphatic rings. The van der Waals surface area contributed by atoms with Crippen molar-refractivity contribution in [1.82, 2.24) is 29.9 Å². The molecule has 3 atom stereocenters. The molecule has 1 fully saturated rings. The quantitative estimate of drug-likeness (QED) is 0.0615. The summed E-state index contributed by atoms with van der Waals surface area (Å²) in [6, 6.07) is 38.0. The van der Waals surface area contributed by atoms with Gasteiger partial charge >= 0.3 is 19.2 Å². The van der Waals surface area contributed by atoms with Crippen LogP contribution in [0.3, 0.4) is 0 Å². The molecule has 6 aromatic heterocycles. The third-order valence-electron chi connectivity index (χ3n) is 15.7. The predicted molar refractivity (Wildman–Crippen MR) is 411 cm³/mol. The van der Waals surface area contributed by atoms with Gasteiger partial charge < -0.3 is 25.9 Å². The van der Waals surface area contributed by atoms with Gasteiger partial charge in [-0.3, -0.25) is 33.9 Å².